The molecular weight excluding hydrogens is 304 g/mol. The largest absolute Gasteiger partial charge is 0.345 e. The first-order valence-electron chi connectivity index (χ1n) is 9.00. The van der Waals surface area contributed by atoms with Crippen molar-refractivity contribution in [1.29, 1.82) is 0 Å². The minimum Gasteiger partial charge on any atom is -0.334 e. The van der Waals surface area contributed by atoms with Gasteiger partial charge in [-0.25, -0.2) is 14.5 Å². The summed E-state index contributed by atoms with van der Waals surface area (Å²) >= 11 is 0. The molecule has 0 N–H and O–H groups in total. The van der Waals surface area contributed by atoms with E-state index in [1.807, 2.05) is 17.7 Å². The SMILES string of the molecule is CCCn1ccnc1CN1CCC[C@@H](c2nn(C)c(=O)n2CC)C1. The van der Waals surface area contributed by atoms with Gasteiger partial charge in [-0.1, -0.05) is 6.92 Å². The molecule has 1 aliphatic heterocycles. The minimum atomic E-state index is -0.0110. The molecule has 1 saturated heterocycles. The Kier molecular flexibility index (Phi) is 5.18. The molecule has 1 atom stereocenters. The van der Waals surface area contributed by atoms with Crippen LogP contribution >= 0.6 is 0 Å². The van der Waals surface area contributed by atoms with Gasteiger partial charge in [0.05, 0.1) is 6.54 Å². The Bertz CT molecular complexity index is 728. The molecule has 0 amide bonds. The van der Waals surface area contributed by atoms with Crippen LogP contribution in [0.15, 0.2) is 17.2 Å². The van der Waals surface area contributed by atoms with Crippen molar-refractivity contribution in [2.24, 2.45) is 7.05 Å². The Morgan fingerprint density at radius 3 is 2.92 bits per heavy atom. The summed E-state index contributed by atoms with van der Waals surface area (Å²) in [6.45, 7) is 8.78. The zero-order chi connectivity index (χ0) is 17.1. The lowest BCUT2D eigenvalue weighted by atomic mass is 9.97. The fourth-order valence-corrected chi connectivity index (χ4v) is 3.67. The fourth-order valence-electron chi connectivity index (χ4n) is 3.67. The van der Waals surface area contributed by atoms with Crippen LogP contribution in [0.25, 0.3) is 0 Å². The van der Waals surface area contributed by atoms with Gasteiger partial charge in [0.2, 0.25) is 0 Å². The third kappa shape index (κ3) is 3.31. The van der Waals surface area contributed by atoms with Gasteiger partial charge in [-0.05, 0) is 32.7 Å². The summed E-state index contributed by atoms with van der Waals surface area (Å²) in [7, 11) is 1.74. The van der Waals surface area contributed by atoms with E-state index in [2.05, 4.69) is 32.7 Å². The van der Waals surface area contributed by atoms with Crippen LogP contribution in [0.3, 0.4) is 0 Å². The lowest BCUT2D eigenvalue weighted by Crippen LogP contribution is -2.36. The summed E-state index contributed by atoms with van der Waals surface area (Å²) in [5.41, 5.74) is -0.0110. The molecule has 0 radical (unpaired) electrons. The zero-order valence-corrected chi connectivity index (χ0v) is 15.0. The number of likely N-dealkylation sites (tertiary alicyclic amines) is 1. The molecule has 7 heteroatoms. The van der Waals surface area contributed by atoms with E-state index in [0.29, 0.717) is 12.5 Å². The number of aromatic nitrogens is 5. The zero-order valence-electron chi connectivity index (χ0n) is 15.0. The molecule has 0 spiro atoms. The number of aryl methyl sites for hydroxylation is 2. The van der Waals surface area contributed by atoms with Crippen LogP contribution in [0.1, 0.15) is 50.7 Å². The van der Waals surface area contributed by atoms with Crippen LogP contribution in [0, 0.1) is 0 Å². The highest BCUT2D eigenvalue weighted by atomic mass is 16.2. The van der Waals surface area contributed by atoms with Crippen LogP contribution in [0.4, 0.5) is 0 Å². The Labute approximate surface area is 142 Å². The molecule has 3 rings (SSSR count). The topological polar surface area (TPSA) is 60.9 Å². The summed E-state index contributed by atoms with van der Waals surface area (Å²) in [6.07, 6.45) is 7.29. The monoisotopic (exact) mass is 332 g/mol. The first-order valence-corrected chi connectivity index (χ1v) is 9.00. The minimum absolute atomic E-state index is 0.0110. The van der Waals surface area contributed by atoms with E-state index in [4.69, 9.17) is 0 Å². The van der Waals surface area contributed by atoms with Crippen molar-refractivity contribution in [1.82, 2.24) is 28.8 Å². The Hall–Kier alpha value is -1.89. The quantitative estimate of drug-likeness (QED) is 0.806. The Morgan fingerprint density at radius 1 is 1.33 bits per heavy atom. The van der Waals surface area contributed by atoms with Crippen molar-refractivity contribution in [3.63, 3.8) is 0 Å². The second kappa shape index (κ2) is 7.34. The Balaban J connectivity index is 1.74. The number of imidazole rings is 1. The molecule has 1 aliphatic rings. The fraction of sp³-hybridized carbons (Fsp3) is 0.706. The summed E-state index contributed by atoms with van der Waals surface area (Å²) in [5.74, 6) is 2.39. The van der Waals surface area contributed by atoms with Crippen molar-refractivity contribution in [3.8, 4) is 0 Å². The predicted octanol–water partition coefficient (Wildman–Crippen LogP) is 1.59. The van der Waals surface area contributed by atoms with Gasteiger partial charge in [0.1, 0.15) is 11.6 Å². The maximum absolute atomic E-state index is 12.2. The van der Waals surface area contributed by atoms with Crippen molar-refractivity contribution >= 4 is 0 Å². The van der Waals surface area contributed by atoms with E-state index in [0.717, 1.165) is 57.1 Å². The molecule has 2 aromatic heterocycles. The molecule has 24 heavy (non-hydrogen) atoms. The molecule has 0 saturated carbocycles. The van der Waals surface area contributed by atoms with Gasteiger partial charge in [0, 0.05) is 45.0 Å². The normalized spacial score (nSPS) is 19.0. The number of nitrogens with zero attached hydrogens (tertiary/aromatic N) is 6. The molecule has 1 fully saturated rings. The van der Waals surface area contributed by atoms with Gasteiger partial charge in [-0.2, -0.15) is 5.10 Å². The molecule has 7 nitrogen and oxygen atoms in total. The van der Waals surface area contributed by atoms with Crippen LogP contribution in [-0.4, -0.2) is 41.9 Å². The van der Waals surface area contributed by atoms with Gasteiger partial charge in [-0.3, -0.25) is 9.47 Å². The van der Waals surface area contributed by atoms with E-state index in [1.165, 1.54) is 4.68 Å². The van der Waals surface area contributed by atoms with Gasteiger partial charge >= 0.3 is 5.69 Å². The number of rotatable bonds is 6. The van der Waals surface area contributed by atoms with Crippen molar-refractivity contribution < 1.29 is 0 Å². The molecule has 2 aromatic rings. The first kappa shape index (κ1) is 17.0. The van der Waals surface area contributed by atoms with Gasteiger partial charge < -0.3 is 4.57 Å². The van der Waals surface area contributed by atoms with Crippen LogP contribution in [-0.2, 0) is 26.7 Å². The molecule has 0 bridgehead atoms. The second-order valence-electron chi connectivity index (χ2n) is 6.62. The number of hydrogen-bond acceptors (Lipinski definition) is 4. The molecule has 0 unspecified atom stereocenters. The van der Waals surface area contributed by atoms with Crippen molar-refractivity contribution in [2.45, 2.75) is 58.7 Å². The van der Waals surface area contributed by atoms with Gasteiger partial charge in [0.25, 0.3) is 0 Å². The van der Waals surface area contributed by atoms with E-state index in [9.17, 15) is 4.79 Å². The number of piperidine rings is 1. The van der Waals surface area contributed by atoms with E-state index < -0.39 is 0 Å². The average Bonchev–Trinajstić information content (AvgIpc) is 3.13. The summed E-state index contributed by atoms with van der Waals surface area (Å²) in [4.78, 5) is 19.1. The highest BCUT2D eigenvalue weighted by Crippen LogP contribution is 2.26. The summed E-state index contributed by atoms with van der Waals surface area (Å²) in [5, 5.41) is 4.50. The standard InChI is InChI=1S/C17H28N6O/c1-4-9-22-11-8-18-15(22)13-21-10-6-7-14(12-21)16-19-20(3)17(24)23(16)5-2/h8,11,14H,4-7,9-10,12-13H2,1-3H3/t14-/m1/s1. The van der Waals surface area contributed by atoms with Crippen LogP contribution in [0.5, 0.6) is 0 Å². The summed E-state index contributed by atoms with van der Waals surface area (Å²) < 4.78 is 5.52. The average molecular weight is 332 g/mol. The summed E-state index contributed by atoms with van der Waals surface area (Å²) in [6, 6.07) is 0. The van der Waals surface area contributed by atoms with E-state index >= 15 is 0 Å². The molecular formula is C17H28N6O. The molecule has 3 heterocycles. The lowest BCUT2D eigenvalue weighted by Gasteiger charge is -2.32. The molecule has 0 aromatic carbocycles. The number of hydrogen-bond donors (Lipinski definition) is 0. The van der Waals surface area contributed by atoms with Crippen LogP contribution in [0.2, 0.25) is 0 Å². The third-order valence-electron chi connectivity index (χ3n) is 4.85. The van der Waals surface area contributed by atoms with E-state index in [-0.39, 0.29) is 5.69 Å². The highest BCUT2D eigenvalue weighted by molar-refractivity contribution is 5.02. The lowest BCUT2D eigenvalue weighted by molar-refractivity contribution is 0.188. The van der Waals surface area contributed by atoms with Crippen molar-refractivity contribution in [2.75, 3.05) is 13.1 Å². The highest BCUT2D eigenvalue weighted by Gasteiger charge is 2.27. The maximum Gasteiger partial charge on any atom is 0.345 e. The van der Waals surface area contributed by atoms with E-state index in [1.54, 1.807) is 7.05 Å². The molecule has 132 valence electrons. The van der Waals surface area contributed by atoms with Gasteiger partial charge in [-0.15, -0.1) is 0 Å². The molecule has 0 aliphatic carbocycles. The third-order valence-corrected chi connectivity index (χ3v) is 4.85. The predicted molar refractivity (Wildman–Crippen MR) is 92.9 cm³/mol. The van der Waals surface area contributed by atoms with Crippen LogP contribution < -0.4 is 5.69 Å². The maximum atomic E-state index is 12.2. The second-order valence-corrected chi connectivity index (χ2v) is 6.62. The Morgan fingerprint density at radius 2 is 2.17 bits per heavy atom. The smallest absolute Gasteiger partial charge is 0.334 e. The van der Waals surface area contributed by atoms with Gasteiger partial charge in [0.15, 0.2) is 0 Å². The van der Waals surface area contributed by atoms with Crippen molar-refractivity contribution in [3.05, 3.63) is 34.5 Å². The first-order chi connectivity index (χ1) is 11.6.